The van der Waals surface area contributed by atoms with Gasteiger partial charge in [-0.15, -0.1) is 0 Å². The largest absolute Gasteiger partial charge is 0.465 e. The lowest BCUT2D eigenvalue weighted by Gasteiger charge is -2.34. The third-order valence-electron chi connectivity index (χ3n) is 7.25. The topological polar surface area (TPSA) is 126 Å². The molecule has 1 aromatic carbocycles. The second kappa shape index (κ2) is 10.5. The van der Waals surface area contributed by atoms with Crippen LogP contribution in [-0.2, 0) is 4.74 Å². The number of anilines is 3. The van der Waals surface area contributed by atoms with Crippen molar-refractivity contribution in [2.75, 3.05) is 30.4 Å². The van der Waals surface area contributed by atoms with Gasteiger partial charge in [0.2, 0.25) is 11.9 Å². The van der Waals surface area contributed by atoms with E-state index in [4.69, 9.17) is 31.4 Å². The van der Waals surface area contributed by atoms with Gasteiger partial charge in [0.05, 0.1) is 6.20 Å². The van der Waals surface area contributed by atoms with Crippen LogP contribution >= 0.6 is 11.6 Å². The van der Waals surface area contributed by atoms with Gasteiger partial charge in [-0.1, -0.05) is 17.7 Å². The number of imidazole rings is 1. The molecule has 1 aliphatic carbocycles. The molecule has 0 bridgehead atoms. The number of halogens is 1. The molecule has 0 spiro atoms. The third kappa shape index (κ3) is 5.65. The van der Waals surface area contributed by atoms with Gasteiger partial charge in [-0.2, -0.15) is 4.98 Å². The van der Waals surface area contributed by atoms with Crippen LogP contribution in [0.4, 0.5) is 22.4 Å². The number of fused-ring (bicyclic) bond motifs is 1. The molecule has 1 saturated carbocycles. The Bertz CT molecular complexity index is 1220. The van der Waals surface area contributed by atoms with Gasteiger partial charge in [0.25, 0.3) is 0 Å². The van der Waals surface area contributed by atoms with Crippen molar-refractivity contribution < 1.29 is 14.6 Å². The molecule has 2 aliphatic rings. The fraction of sp³-hybridized carbons (Fsp3) is 0.520. The normalized spacial score (nSPS) is 21.7. The molecule has 192 valence electrons. The van der Waals surface area contributed by atoms with Gasteiger partial charge in [-0.05, 0) is 69.6 Å². The average molecular weight is 514 g/mol. The third-order valence-corrected chi connectivity index (χ3v) is 7.48. The molecule has 0 atom stereocenters. The molecule has 3 aromatic rings. The summed E-state index contributed by atoms with van der Waals surface area (Å²) in [6.45, 7) is 4.10. The molecule has 11 heteroatoms. The van der Waals surface area contributed by atoms with Crippen molar-refractivity contribution in [1.82, 2.24) is 24.8 Å². The molecule has 0 unspecified atom stereocenters. The highest BCUT2D eigenvalue weighted by molar-refractivity contribution is 6.30. The van der Waals surface area contributed by atoms with Crippen LogP contribution in [-0.4, -0.2) is 56.0 Å². The first kappa shape index (κ1) is 24.6. The molecule has 2 aromatic heterocycles. The molecule has 0 radical (unpaired) electrons. The van der Waals surface area contributed by atoms with Crippen molar-refractivity contribution in [2.45, 2.75) is 57.0 Å². The highest BCUT2D eigenvalue weighted by atomic mass is 35.5. The first-order valence-corrected chi connectivity index (χ1v) is 12.9. The fourth-order valence-corrected chi connectivity index (χ4v) is 5.33. The average Bonchev–Trinajstić information content (AvgIpc) is 3.20. The molecule has 4 N–H and O–H groups in total. The molecular weight excluding hydrogens is 482 g/mol. The van der Waals surface area contributed by atoms with Gasteiger partial charge in [0, 0.05) is 42.0 Å². The van der Waals surface area contributed by atoms with Crippen LogP contribution in [0.25, 0.3) is 11.2 Å². The Balaban J connectivity index is 1.45. The van der Waals surface area contributed by atoms with E-state index in [9.17, 15) is 4.79 Å². The summed E-state index contributed by atoms with van der Waals surface area (Å²) in [5.74, 6) is 1.61. The lowest BCUT2D eigenvalue weighted by Crippen LogP contribution is -2.41. The zero-order valence-corrected chi connectivity index (χ0v) is 21.1. The van der Waals surface area contributed by atoms with E-state index in [0.717, 1.165) is 68.6 Å². The number of hydrogen-bond donors (Lipinski definition) is 4. The number of carboxylic acid groups (broad SMARTS) is 1. The smallest absolute Gasteiger partial charge is 0.404 e. The molecular formula is C25H32ClN7O3. The number of amides is 1. The Morgan fingerprint density at radius 1 is 1.22 bits per heavy atom. The van der Waals surface area contributed by atoms with E-state index in [1.54, 1.807) is 6.20 Å². The van der Waals surface area contributed by atoms with E-state index in [-0.39, 0.29) is 11.6 Å². The van der Waals surface area contributed by atoms with Crippen LogP contribution in [0.5, 0.6) is 0 Å². The summed E-state index contributed by atoms with van der Waals surface area (Å²) in [7, 11) is 0. The molecule has 2 fully saturated rings. The quantitative estimate of drug-likeness (QED) is 0.339. The zero-order valence-electron chi connectivity index (χ0n) is 20.3. The number of nitrogens with one attached hydrogen (secondary N) is 3. The maximum atomic E-state index is 10.9. The van der Waals surface area contributed by atoms with E-state index in [1.165, 1.54) is 0 Å². The van der Waals surface area contributed by atoms with Gasteiger partial charge in [-0.25, -0.2) is 14.8 Å². The minimum Gasteiger partial charge on any atom is -0.465 e. The number of aromatic nitrogens is 4. The Labute approximate surface area is 214 Å². The second-order valence-electron chi connectivity index (χ2n) is 10.0. The van der Waals surface area contributed by atoms with Crippen molar-refractivity contribution >= 4 is 46.4 Å². The lowest BCUT2D eigenvalue weighted by molar-refractivity contribution is 0.0656. The van der Waals surface area contributed by atoms with E-state index >= 15 is 0 Å². The van der Waals surface area contributed by atoms with E-state index < -0.39 is 6.09 Å². The summed E-state index contributed by atoms with van der Waals surface area (Å²) >= 11 is 6.22. The predicted molar refractivity (Wildman–Crippen MR) is 139 cm³/mol. The first-order chi connectivity index (χ1) is 17.4. The van der Waals surface area contributed by atoms with Gasteiger partial charge in [0.15, 0.2) is 5.65 Å². The number of carbonyl (C=O) groups is 1. The highest BCUT2D eigenvalue weighted by Crippen LogP contribution is 2.37. The predicted octanol–water partition coefficient (Wildman–Crippen LogP) is 5.20. The molecule has 3 heterocycles. The first-order valence-electron chi connectivity index (χ1n) is 12.5. The number of hydrogen-bond acceptors (Lipinski definition) is 7. The summed E-state index contributed by atoms with van der Waals surface area (Å²) in [6.07, 6.45) is 6.25. The number of ether oxygens (including phenoxy) is 1. The van der Waals surface area contributed by atoms with Crippen LogP contribution in [0, 0.1) is 5.92 Å². The van der Waals surface area contributed by atoms with Gasteiger partial charge in [0.1, 0.15) is 5.52 Å². The van der Waals surface area contributed by atoms with Gasteiger partial charge in [-0.3, -0.25) is 4.57 Å². The number of benzene rings is 1. The van der Waals surface area contributed by atoms with Crippen molar-refractivity contribution in [1.29, 1.82) is 0 Å². The molecule has 5 rings (SSSR count). The van der Waals surface area contributed by atoms with E-state index in [1.807, 2.05) is 24.3 Å². The Morgan fingerprint density at radius 3 is 2.72 bits per heavy atom. The molecule has 1 saturated heterocycles. The van der Waals surface area contributed by atoms with Crippen LogP contribution in [0.1, 0.15) is 51.5 Å². The minimum absolute atomic E-state index is 0.117. The molecule has 1 aliphatic heterocycles. The van der Waals surface area contributed by atoms with Crippen molar-refractivity contribution in [3.8, 4) is 0 Å². The van der Waals surface area contributed by atoms with E-state index in [0.29, 0.717) is 29.4 Å². The Hall–Kier alpha value is -3.11. The van der Waals surface area contributed by atoms with Gasteiger partial charge < -0.3 is 25.8 Å². The maximum Gasteiger partial charge on any atom is 0.404 e. The second-order valence-corrected chi connectivity index (χ2v) is 10.4. The van der Waals surface area contributed by atoms with Crippen LogP contribution in [0.15, 0.2) is 30.5 Å². The highest BCUT2D eigenvalue weighted by Gasteiger charge is 2.30. The minimum atomic E-state index is -0.972. The zero-order chi connectivity index (χ0) is 25.1. The van der Waals surface area contributed by atoms with Crippen LogP contribution in [0.3, 0.4) is 0 Å². The fourth-order valence-electron chi connectivity index (χ4n) is 5.14. The molecule has 1 amide bonds. The van der Waals surface area contributed by atoms with Gasteiger partial charge >= 0.3 is 6.09 Å². The summed E-state index contributed by atoms with van der Waals surface area (Å²) in [5, 5.41) is 19.1. The van der Waals surface area contributed by atoms with E-state index in [2.05, 4.69) is 32.4 Å². The van der Waals surface area contributed by atoms with Crippen LogP contribution < -0.4 is 16.0 Å². The Kier molecular flexibility index (Phi) is 7.15. The monoisotopic (exact) mass is 513 g/mol. The summed E-state index contributed by atoms with van der Waals surface area (Å²) in [6, 6.07) is 7.73. The van der Waals surface area contributed by atoms with Crippen LogP contribution in [0.2, 0.25) is 5.02 Å². The SMILES string of the molecule is CC1(Nc2ncc3nc(Nc4cccc(Cl)c4)n([C@H]4CC[C@H](CNC(=O)O)CC4)c3n2)CCOCC1. The summed E-state index contributed by atoms with van der Waals surface area (Å²) < 4.78 is 7.71. The number of rotatable bonds is 7. The van der Waals surface area contributed by atoms with Crippen molar-refractivity contribution in [3.63, 3.8) is 0 Å². The van der Waals surface area contributed by atoms with Crippen molar-refractivity contribution in [3.05, 3.63) is 35.5 Å². The lowest BCUT2D eigenvalue weighted by atomic mass is 9.86. The molecule has 10 nitrogen and oxygen atoms in total. The standard InChI is InChI=1S/C25H32ClN7O3/c1-25(9-11-36-12-10-25)32-22-27-15-20-21(31-22)33(19-7-5-16(6-8-19)14-28-24(34)35)23(30-20)29-18-4-2-3-17(26)13-18/h2-4,13,15-16,19,28H,5-12,14H2,1H3,(H,29,30)(H,34,35)(H,27,31,32)/t16-,19-. The maximum absolute atomic E-state index is 10.9. The Morgan fingerprint density at radius 2 is 2.00 bits per heavy atom. The summed E-state index contributed by atoms with van der Waals surface area (Å²) in [4.78, 5) is 25.3. The molecule has 36 heavy (non-hydrogen) atoms. The summed E-state index contributed by atoms with van der Waals surface area (Å²) in [5.41, 5.74) is 2.23. The number of nitrogens with zero attached hydrogens (tertiary/aromatic N) is 4. The van der Waals surface area contributed by atoms with Crippen molar-refractivity contribution in [2.24, 2.45) is 5.92 Å².